The molecule has 5 nitrogen and oxygen atoms in total. The molecule has 0 aromatic rings. The molecule has 0 aromatic carbocycles. The van der Waals surface area contributed by atoms with Gasteiger partial charge in [-0.05, 0) is 19.0 Å². The van der Waals surface area contributed by atoms with E-state index in [-0.39, 0.29) is 15.7 Å². The number of hydrogen-bond acceptors (Lipinski definition) is 5. The summed E-state index contributed by atoms with van der Waals surface area (Å²) in [5, 5.41) is 6.53. The van der Waals surface area contributed by atoms with Crippen molar-refractivity contribution >= 4 is 15.7 Å². The van der Waals surface area contributed by atoms with Gasteiger partial charge in [0.15, 0.2) is 9.76 Å². The fourth-order valence-corrected chi connectivity index (χ4v) is 1.93. The maximum absolute atomic E-state index is 10.4. The largest absolute Gasteiger partial charge is 0.465 e. The number of carbonyl (C=O) groups excluding carboxylic acids is 1. The lowest BCUT2D eigenvalue weighted by Gasteiger charge is -2.06. The van der Waals surface area contributed by atoms with Crippen LogP contribution in [0.5, 0.6) is 0 Å². The van der Waals surface area contributed by atoms with Crippen LogP contribution in [-0.2, 0) is 14.0 Å². The molecule has 0 aliphatic heterocycles. The van der Waals surface area contributed by atoms with Gasteiger partial charge in [-0.25, -0.2) is 0 Å². The van der Waals surface area contributed by atoms with Crippen molar-refractivity contribution in [1.29, 1.82) is 0 Å². The first-order chi connectivity index (χ1) is 7.77. The zero-order chi connectivity index (χ0) is 12.1. The number of ether oxygens (including phenoxy) is 1. The molecule has 0 saturated heterocycles. The van der Waals surface area contributed by atoms with Gasteiger partial charge in [-0.1, -0.05) is 0 Å². The summed E-state index contributed by atoms with van der Waals surface area (Å²) in [5.41, 5.74) is 0. The van der Waals surface area contributed by atoms with Crippen molar-refractivity contribution in [2.24, 2.45) is 0 Å². The van der Waals surface area contributed by atoms with E-state index in [2.05, 4.69) is 10.6 Å². The number of nitrogens with one attached hydrogen (secondary N) is 2. The van der Waals surface area contributed by atoms with Gasteiger partial charge >= 0.3 is 5.97 Å². The molecule has 96 valence electrons. The minimum absolute atomic E-state index is 0.220. The Morgan fingerprint density at radius 1 is 1.19 bits per heavy atom. The number of carbonyl (C=O) groups is 1. The van der Waals surface area contributed by atoms with Gasteiger partial charge in [0.05, 0.1) is 0 Å². The van der Waals surface area contributed by atoms with Gasteiger partial charge in [-0.3, -0.25) is 4.79 Å². The van der Waals surface area contributed by atoms with E-state index in [9.17, 15) is 4.79 Å². The van der Waals surface area contributed by atoms with Crippen LogP contribution >= 0.6 is 0 Å². The lowest BCUT2D eigenvalue weighted by Crippen LogP contribution is -2.30. The SMILES string of the molecule is CO[SiH2]CCCNCCNCCOC(C)=O. The van der Waals surface area contributed by atoms with Crippen LogP contribution in [0.3, 0.4) is 0 Å². The van der Waals surface area contributed by atoms with Crippen LogP contribution in [-0.4, -0.2) is 55.6 Å². The van der Waals surface area contributed by atoms with Crippen LogP contribution in [0.1, 0.15) is 13.3 Å². The minimum Gasteiger partial charge on any atom is -0.465 e. The topological polar surface area (TPSA) is 59.6 Å². The molecular weight excluding hydrogens is 224 g/mol. The fraction of sp³-hybridized carbons (Fsp3) is 0.900. The van der Waals surface area contributed by atoms with Crippen molar-refractivity contribution < 1.29 is 14.0 Å². The quantitative estimate of drug-likeness (QED) is 0.287. The summed E-state index contributed by atoms with van der Waals surface area (Å²) in [6, 6.07) is 1.24. The summed E-state index contributed by atoms with van der Waals surface area (Å²) < 4.78 is 9.87. The summed E-state index contributed by atoms with van der Waals surface area (Å²) in [6.45, 7) is 5.51. The molecule has 0 fully saturated rings. The molecule has 0 radical (unpaired) electrons. The van der Waals surface area contributed by atoms with Gasteiger partial charge in [0.2, 0.25) is 0 Å². The third-order valence-corrected chi connectivity index (χ3v) is 3.21. The van der Waals surface area contributed by atoms with E-state index in [0.717, 1.165) is 26.2 Å². The Labute approximate surface area is 100 Å². The molecule has 0 unspecified atom stereocenters. The minimum atomic E-state index is -0.241. The molecule has 0 saturated carbocycles. The molecule has 0 aromatic heterocycles. The zero-order valence-electron chi connectivity index (χ0n) is 10.4. The van der Waals surface area contributed by atoms with Crippen LogP contribution < -0.4 is 10.6 Å². The van der Waals surface area contributed by atoms with Crippen molar-refractivity contribution in [2.75, 3.05) is 39.9 Å². The van der Waals surface area contributed by atoms with Gasteiger partial charge in [-0.15, -0.1) is 0 Å². The Hall–Kier alpha value is -0.433. The highest BCUT2D eigenvalue weighted by Gasteiger charge is 1.92. The number of esters is 1. The molecule has 0 bridgehead atoms. The fourth-order valence-electron chi connectivity index (χ4n) is 1.19. The number of rotatable bonds is 11. The summed E-state index contributed by atoms with van der Waals surface area (Å²) in [5.74, 6) is -0.220. The smallest absolute Gasteiger partial charge is 0.302 e. The molecule has 16 heavy (non-hydrogen) atoms. The monoisotopic (exact) mass is 248 g/mol. The summed E-state index contributed by atoms with van der Waals surface area (Å²) >= 11 is 0. The average molecular weight is 248 g/mol. The molecule has 0 aliphatic carbocycles. The van der Waals surface area contributed by atoms with E-state index in [4.69, 9.17) is 9.16 Å². The standard InChI is InChI=1S/C10H24N2O3Si/c1-10(13)15-8-7-12-6-5-11-4-3-9-16-14-2/h11-12H,3-9,16H2,1-2H3. The van der Waals surface area contributed by atoms with Gasteiger partial charge in [0, 0.05) is 33.7 Å². The third-order valence-electron chi connectivity index (χ3n) is 2.01. The third kappa shape index (κ3) is 13.6. The molecule has 0 spiro atoms. The van der Waals surface area contributed by atoms with Crippen molar-refractivity contribution in [3.8, 4) is 0 Å². The molecule has 0 aliphatic rings. The van der Waals surface area contributed by atoms with Gasteiger partial charge in [0.1, 0.15) is 6.61 Å². The van der Waals surface area contributed by atoms with Crippen LogP contribution in [0.25, 0.3) is 0 Å². The van der Waals surface area contributed by atoms with E-state index in [1.54, 1.807) is 7.11 Å². The molecule has 2 N–H and O–H groups in total. The van der Waals surface area contributed by atoms with E-state index in [1.165, 1.54) is 19.4 Å². The normalized spacial score (nSPS) is 11.1. The first kappa shape index (κ1) is 15.6. The van der Waals surface area contributed by atoms with Crippen LogP contribution in [0, 0.1) is 0 Å². The van der Waals surface area contributed by atoms with Crippen LogP contribution in [0.15, 0.2) is 0 Å². The predicted octanol–water partition coefficient (Wildman–Crippen LogP) is -0.733. The Kier molecular flexibility index (Phi) is 12.3. The summed E-state index contributed by atoms with van der Waals surface area (Å²) in [6.07, 6.45) is 1.20. The highest BCUT2D eigenvalue weighted by atomic mass is 28.2. The molecule has 0 atom stereocenters. The van der Waals surface area contributed by atoms with E-state index in [0.29, 0.717) is 6.61 Å². The second kappa shape index (κ2) is 12.6. The maximum atomic E-state index is 10.4. The van der Waals surface area contributed by atoms with Crippen molar-refractivity contribution in [1.82, 2.24) is 10.6 Å². The van der Waals surface area contributed by atoms with Crippen LogP contribution in [0.4, 0.5) is 0 Å². The second-order valence-electron chi connectivity index (χ2n) is 3.54. The highest BCUT2D eigenvalue weighted by molar-refractivity contribution is 6.26. The zero-order valence-corrected chi connectivity index (χ0v) is 11.8. The first-order valence-corrected chi connectivity index (χ1v) is 7.39. The van der Waals surface area contributed by atoms with Gasteiger partial charge in [0.25, 0.3) is 0 Å². The van der Waals surface area contributed by atoms with E-state index < -0.39 is 0 Å². The van der Waals surface area contributed by atoms with Gasteiger partial charge < -0.3 is 19.8 Å². The second-order valence-corrected chi connectivity index (χ2v) is 5.23. The predicted molar refractivity (Wildman–Crippen MR) is 67.3 cm³/mol. The molecule has 6 heteroatoms. The summed E-state index contributed by atoms with van der Waals surface area (Å²) in [4.78, 5) is 10.4. The Bertz CT molecular complexity index is 170. The number of hydrogen-bond donors (Lipinski definition) is 2. The molecule has 0 amide bonds. The lowest BCUT2D eigenvalue weighted by atomic mass is 10.4. The lowest BCUT2D eigenvalue weighted by molar-refractivity contribution is -0.140. The first-order valence-electron chi connectivity index (χ1n) is 5.81. The molecule has 0 rings (SSSR count). The average Bonchev–Trinajstić information content (AvgIpc) is 2.25. The van der Waals surface area contributed by atoms with E-state index in [1.807, 2.05) is 0 Å². The van der Waals surface area contributed by atoms with E-state index >= 15 is 0 Å². The Morgan fingerprint density at radius 2 is 1.88 bits per heavy atom. The maximum Gasteiger partial charge on any atom is 0.302 e. The van der Waals surface area contributed by atoms with Gasteiger partial charge in [-0.2, -0.15) is 0 Å². The molecular formula is C10H24N2O3Si. The van der Waals surface area contributed by atoms with Crippen LogP contribution in [0.2, 0.25) is 6.04 Å². The summed E-state index contributed by atoms with van der Waals surface area (Å²) in [7, 11) is 1.54. The van der Waals surface area contributed by atoms with Crippen molar-refractivity contribution in [3.05, 3.63) is 0 Å². The Morgan fingerprint density at radius 3 is 2.50 bits per heavy atom. The van der Waals surface area contributed by atoms with Crippen molar-refractivity contribution in [3.63, 3.8) is 0 Å². The Balaban J connectivity index is 2.90. The van der Waals surface area contributed by atoms with Crippen molar-refractivity contribution in [2.45, 2.75) is 19.4 Å². The molecule has 0 heterocycles. The highest BCUT2D eigenvalue weighted by Crippen LogP contribution is 1.85.